The van der Waals surface area contributed by atoms with Crippen molar-refractivity contribution in [2.75, 3.05) is 26.1 Å². The van der Waals surface area contributed by atoms with E-state index in [0.717, 1.165) is 11.3 Å². The van der Waals surface area contributed by atoms with E-state index in [1.165, 1.54) is 0 Å². The molecule has 1 heterocycles. The van der Waals surface area contributed by atoms with Gasteiger partial charge in [-0.15, -0.1) is 5.10 Å². The molecular formula is C11H13N3O2. The maximum absolute atomic E-state index is 5.47. The van der Waals surface area contributed by atoms with Crippen LogP contribution in [0.3, 0.4) is 0 Å². The fraction of sp³-hybridized carbons (Fsp3) is 0.273. The highest BCUT2D eigenvalue weighted by Gasteiger charge is 2.09. The molecule has 5 heteroatoms. The number of aromatic nitrogens is 2. The van der Waals surface area contributed by atoms with Crippen molar-refractivity contribution < 1.29 is 9.15 Å². The first-order valence-electron chi connectivity index (χ1n) is 4.86. The molecule has 1 aromatic carbocycles. The lowest BCUT2D eigenvalue weighted by molar-refractivity contribution is 0.415. The van der Waals surface area contributed by atoms with Gasteiger partial charge >= 0.3 is 6.01 Å². The Kier molecular flexibility index (Phi) is 2.76. The Morgan fingerprint density at radius 3 is 2.31 bits per heavy atom. The van der Waals surface area contributed by atoms with E-state index in [0.29, 0.717) is 11.9 Å². The molecule has 0 aliphatic heterocycles. The second-order valence-electron chi connectivity index (χ2n) is 3.51. The molecule has 0 N–H and O–H groups in total. The Labute approximate surface area is 93.7 Å². The van der Waals surface area contributed by atoms with Gasteiger partial charge in [0.05, 0.1) is 7.11 Å². The Hall–Kier alpha value is -2.04. The van der Waals surface area contributed by atoms with Gasteiger partial charge in [0.1, 0.15) is 5.75 Å². The van der Waals surface area contributed by atoms with Gasteiger partial charge in [0.25, 0.3) is 0 Å². The highest BCUT2D eigenvalue weighted by Crippen LogP contribution is 2.22. The van der Waals surface area contributed by atoms with Gasteiger partial charge in [0.15, 0.2) is 0 Å². The summed E-state index contributed by atoms with van der Waals surface area (Å²) in [5.74, 6) is 1.31. The van der Waals surface area contributed by atoms with Crippen LogP contribution in [0.1, 0.15) is 0 Å². The van der Waals surface area contributed by atoms with Crippen molar-refractivity contribution in [3.63, 3.8) is 0 Å². The van der Waals surface area contributed by atoms with E-state index in [1.54, 1.807) is 12.0 Å². The third-order valence-corrected chi connectivity index (χ3v) is 2.13. The maximum Gasteiger partial charge on any atom is 0.317 e. The van der Waals surface area contributed by atoms with Crippen molar-refractivity contribution in [1.29, 1.82) is 0 Å². The number of benzene rings is 1. The molecule has 2 aromatic rings. The molecule has 0 atom stereocenters. The third kappa shape index (κ3) is 1.98. The maximum atomic E-state index is 5.47. The SMILES string of the molecule is COc1ccc(-c2nnc(N(C)C)o2)cc1. The van der Waals surface area contributed by atoms with E-state index in [1.807, 2.05) is 38.4 Å². The van der Waals surface area contributed by atoms with Gasteiger partial charge in [-0.05, 0) is 24.3 Å². The monoisotopic (exact) mass is 219 g/mol. The van der Waals surface area contributed by atoms with Crippen molar-refractivity contribution in [1.82, 2.24) is 10.2 Å². The van der Waals surface area contributed by atoms with Gasteiger partial charge in [-0.25, -0.2) is 0 Å². The van der Waals surface area contributed by atoms with Crippen molar-refractivity contribution >= 4 is 6.01 Å². The second-order valence-corrected chi connectivity index (χ2v) is 3.51. The lowest BCUT2D eigenvalue weighted by Gasteiger charge is -2.03. The number of ether oxygens (including phenoxy) is 1. The van der Waals surface area contributed by atoms with Crippen LogP contribution >= 0.6 is 0 Å². The third-order valence-electron chi connectivity index (χ3n) is 2.13. The lowest BCUT2D eigenvalue weighted by atomic mass is 10.2. The molecule has 0 aliphatic carbocycles. The van der Waals surface area contributed by atoms with Crippen LogP contribution in [0.2, 0.25) is 0 Å². The van der Waals surface area contributed by atoms with Gasteiger partial charge in [0, 0.05) is 19.7 Å². The highest BCUT2D eigenvalue weighted by atomic mass is 16.5. The minimum absolute atomic E-state index is 0.491. The Morgan fingerprint density at radius 2 is 1.81 bits per heavy atom. The molecule has 0 radical (unpaired) electrons. The van der Waals surface area contributed by atoms with E-state index in [4.69, 9.17) is 9.15 Å². The Bertz CT molecular complexity index is 462. The number of anilines is 1. The standard InChI is InChI=1S/C11H13N3O2/c1-14(2)11-13-12-10(16-11)8-4-6-9(15-3)7-5-8/h4-7H,1-3H3. The normalized spacial score (nSPS) is 10.2. The van der Waals surface area contributed by atoms with Gasteiger partial charge in [-0.2, -0.15) is 0 Å². The number of hydrogen-bond donors (Lipinski definition) is 0. The summed E-state index contributed by atoms with van der Waals surface area (Å²) < 4.78 is 10.5. The molecule has 1 aromatic heterocycles. The minimum Gasteiger partial charge on any atom is -0.497 e. The van der Waals surface area contributed by atoms with Crippen LogP contribution in [-0.2, 0) is 0 Å². The molecule has 0 aliphatic rings. The second kappa shape index (κ2) is 4.22. The van der Waals surface area contributed by atoms with Crippen molar-refractivity contribution in [2.45, 2.75) is 0 Å². The zero-order chi connectivity index (χ0) is 11.5. The summed E-state index contributed by atoms with van der Waals surface area (Å²) in [5, 5.41) is 7.88. The molecule has 0 saturated heterocycles. The van der Waals surface area contributed by atoms with E-state index in [-0.39, 0.29) is 0 Å². The summed E-state index contributed by atoms with van der Waals surface area (Å²) in [6.07, 6.45) is 0. The fourth-order valence-electron chi connectivity index (χ4n) is 1.25. The average molecular weight is 219 g/mol. The van der Waals surface area contributed by atoms with Crippen LogP contribution in [0.25, 0.3) is 11.5 Å². The van der Waals surface area contributed by atoms with Gasteiger partial charge in [-0.1, -0.05) is 5.10 Å². The van der Waals surface area contributed by atoms with Crippen LogP contribution in [-0.4, -0.2) is 31.4 Å². The summed E-state index contributed by atoms with van der Waals surface area (Å²) in [5.41, 5.74) is 0.876. The van der Waals surface area contributed by atoms with Crippen LogP contribution in [0.5, 0.6) is 5.75 Å². The molecular weight excluding hydrogens is 206 g/mol. The smallest absolute Gasteiger partial charge is 0.317 e. The Balaban J connectivity index is 2.28. The predicted molar refractivity (Wildman–Crippen MR) is 60.6 cm³/mol. The molecule has 0 spiro atoms. The van der Waals surface area contributed by atoms with Crippen LogP contribution < -0.4 is 9.64 Å². The van der Waals surface area contributed by atoms with Crippen LogP contribution in [0.4, 0.5) is 6.01 Å². The average Bonchev–Trinajstić information content (AvgIpc) is 2.78. The molecule has 0 amide bonds. The van der Waals surface area contributed by atoms with Crippen LogP contribution in [0.15, 0.2) is 28.7 Å². The highest BCUT2D eigenvalue weighted by molar-refractivity contribution is 5.54. The topological polar surface area (TPSA) is 51.4 Å². The van der Waals surface area contributed by atoms with Gasteiger partial charge in [0.2, 0.25) is 5.89 Å². The largest absolute Gasteiger partial charge is 0.497 e. The zero-order valence-corrected chi connectivity index (χ0v) is 9.47. The summed E-state index contributed by atoms with van der Waals surface area (Å²) in [4.78, 5) is 1.76. The zero-order valence-electron chi connectivity index (χ0n) is 9.47. The molecule has 0 fully saturated rings. The van der Waals surface area contributed by atoms with Crippen molar-refractivity contribution in [3.8, 4) is 17.2 Å². The summed E-state index contributed by atoms with van der Waals surface area (Å²) in [6, 6.07) is 7.97. The van der Waals surface area contributed by atoms with Crippen molar-refractivity contribution in [2.24, 2.45) is 0 Å². The quantitative estimate of drug-likeness (QED) is 0.788. The summed E-state index contributed by atoms with van der Waals surface area (Å²) in [7, 11) is 5.34. The number of nitrogens with zero attached hydrogens (tertiary/aromatic N) is 3. The first-order valence-corrected chi connectivity index (χ1v) is 4.86. The summed E-state index contributed by atoms with van der Waals surface area (Å²) >= 11 is 0. The fourth-order valence-corrected chi connectivity index (χ4v) is 1.25. The van der Waals surface area contributed by atoms with E-state index in [9.17, 15) is 0 Å². The molecule has 16 heavy (non-hydrogen) atoms. The van der Waals surface area contributed by atoms with Gasteiger partial charge < -0.3 is 14.1 Å². The first-order chi connectivity index (χ1) is 7.70. The van der Waals surface area contributed by atoms with Crippen molar-refractivity contribution in [3.05, 3.63) is 24.3 Å². The Morgan fingerprint density at radius 1 is 1.12 bits per heavy atom. The summed E-state index contributed by atoms with van der Waals surface area (Å²) in [6.45, 7) is 0. The van der Waals surface area contributed by atoms with Gasteiger partial charge in [-0.3, -0.25) is 0 Å². The number of rotatable bonds is 3. The predicted octanol–water partition coefficient (Wildman–Crippen LogP) is 1.81. The molecule has 2 rings (SSSR count). The van der Waals surface area contributed by atoms with E-state index >= 15 is 0 Å². The lowest BCUT2D eigenvalue weighted by Crippen LogP contribution is -2.08. The molecule has 84 valence electrons. The molecule has 0 bridgehead atoms. The molecule has 0 saturated carbocycles. The van der Waals surface area contributed by atoms with E-state index in [2.05, 4.69) is 10.2 Å². The van der Waals surface area contributed by atoms with Crippen LogP contribution in [0, 0.1) is 0 Å². The molecule has 0 unspecified atom stereocenters. The number of hydrogen-bond acceptors (Lipinski definition) is 5. The molecule has 5 nitrogen and oxygen atoms in total. The number of methoxy groups -OCH3 is 1. The van der Waals surface area contributed by atoms with E-state index < -0.39 is 0 Å². The first kappa shape index (κ1) is 10.5. The minimum atomic E-state index is 0.491.